The lowest BCUT2D eigenvalue weighted by Gasteiger charge is -2.30. The van der Waals surface area contributed by atoms with Crippen molar-refractivity contribution in [1.29, 1.82) is 0 Å². The molecule has 0 radical (unpaired) electrons. The molecule has 1 aromatic heterocycles. The minimum atomic E-state index is 0.172. The smallest absolute Gasteiger partial charge is 0.221 e. The molecule has 2 aliphatic rings. The summed E-state index contributed by atoms with van der Waals surface area (Å²) in [7, 11) is 2.09. The first kappa shape index (κ1) is 20.1. The van der Waals surface area contributed by atoms with Crippen LogP contribution in [-0.4, -0.2) is 53.6 Å². The molecule has 3 N–H and O–H groups in total. The molecule has 2 atom stereocenters. The van der Waals surface area contributed by atoms with Crippen molar-refractivity contribution in [1.82, 2.24) is 15.2 Å². The summed E-state index contributed by atoms with van der Waals surface area (Å²) in [5.41, 5.74) is 5.81. The lowest BCUT2D eigenvalue weighted by Crippen LogP contribution is -2.43. The normalized spacial score (nSPS) is 27.8. The zero-order valence-electron chi connectivity index (χ0n) is 17.2. The molecule has 4 rings (SSSR count). The number of hydrogen-bond acceptors (Lipinski definition) is 5. The Morgan fingerprint density at radius 3 is 2.72 bits per heavy atom. The molecule has 156 valence electrons. The molecule has 1 aliphatic carbocycles. The molecule has 2 aromatic rings. The first-order valence-corrected chi connectivity index (χ1v) is 10.8. The van der Waals surface area contributed by atoms with Crippen LogP contribution < -0.4 is 15.8 Å². The van der Waals surface area contributed by atoms with E-state index in [1.54, 1.807) is 6.20 Å². The third kappa shape index (κ3) is 4.70. The van der Waals surface area contributed by atoms with Gasteiger partial charge in [0.05, 0.1) is 6.10 Å². The first-order valence-electron chi connectivity index (χ1n) is 10.8. The lowest BCUT2D eigenvalue weighted by atomic mass is 9.92. The summed E-state index contributed by atoms with van der Waals surface area (Å²) in [6.07, 6.45) is 10.5. The summed E-state index contributed by atoms with van der Waals surface area (Å²) >= 11 is 0. The van der Waals surface area contributed by atoms with Crippen LogP contribution in [0.3, 0.4) is 0 Å². The topological polar surface area (TPSA) is 80.5 Å². The molecule has 1 saturated carbocycles. The Hall–Kier alpha value is -2.18. The van der Waals surface area contributed by atoms with Gasteiger partial charge in [0.25, 0.3) is 0 Å². The maximum atomic E-state index is 12.5. The van der Waals surface area contributed by atoms with E-state index in [0.717, 1.165) is 55.0 Å². The van der Waals surface area contributed by atoms with Gasteiger partial charge in [-0.2, -0.15) is 0 Å². The number of likely N-dealkylation sites (N-methyl/N-ethyl adjacent to an activating group) is 1. The van der Waals surface area contributed by atoms with E-state index in [1.165, 1.54) is 0 Å². The van der Waals surface area contributed by atoms with Crippen molar-refractivity contribution in [2.24, 2.45) is 5.73 Å². The number of hydrogen-bond donors (Lipinski definition) is 2. The van der Waals surface area contributed by atoms with Gasteiger partial charge in [0.2, 0.25) is 5.91 Å². The van der Waals surface area contributed by atoms with E-state index in [-0.39, 0.29) is 18.1 Å². The Bertz CT molecular complexity index is 829. The third-order valence-electron chi connectivity index (χ3n) is 6.65. The number of nitrogens with two attached hydrogens (primary N) is 1. The predicted octanol–water partition coefficient (Wildman–Crippen LogP) is 2.85. The van der Waals surface area contributed by atoms with Crippen LogP contribution in [0.5, 0.6) is 5.75 Å². The van der Waals surface area contributed by atoms with Crippen molar-refractivity contribution in [2.45, 2.75) is 69.2 Å². The van der Waals surface area contributed by atoms with Crippen LogP contribution in [-0.2, 0) is 4.79 Å². The molecule has 2 heterocycles. The number of rotatable bonds is 6. The van der Waals surface area contributed by atoms with Crippen molar-refractivity contribution in [3.05, 3.63) is 36.7 Å². The van der Waals surface area contributed by atoms with Gasteiger partial charge in [-0.15, -0.1) is 0 Å². The van der Waals surface area contributed by atoms with Gasteiger partial charge in [0.15, 0.2) is 0 Å². The molecule has 1 saturated heterocycles. The highest BCUT2D eigenvalue weighted by atomic mass is 16.5. The Morgan fingerprint density at radius 1 is 1.17 bits per heavy atom. The maximum absolute atomic E-state index is 12.5. The van der Waals surface area contributed by atoms with Gasteiger partial charge >= 0.3 is 0 Å². The fraction of sp³-hybridized carbons (Fsp3) is 0.565. The fourth-order valence-electron chi connectivity index (χ4n) is 4.82. The molecule has 29 heavy (non-hydrogen) atoms. The zero-order valence-corrected chi connectivity index (χ0v) is 17.2. The van der Waals surface area contributed by atoms with Crippen molar-refractivity contribution in [2.75, 3.05) is 13.6 Å². The average Bonchev–Trinajstić information content (AvgIpc) is 3.09. The molecule has 1 aromatic carbocycles. The number of fused-ring (bicyclic) bond motifs is 1. The highest BCUT2D eigenvalue weighted by Crippen LogP contribution is 2.30. The molecular weight excluding hydrogens is 364 g/mol. The minimum absolute atomic E-state index is 0.172. The molecule has 0 unspecified atom stereocenters. The van der Waals surface area contributed by atoms with Crippen LogP contribution in [0.25, 0.3) is 10.8 Å². The van der Waals surface area contributed by atoms with Crippen molar-refractivity contribution in [3.8, 4) is 5.75 Å². The van der Waals surface area contributed by atoms with E-state index in [2.05, 4.69) is 28.3 Å². The number of nitrogens with one attached hydrogen (secondary N) is 1. The number of carbonyl (C=O) groups is 1. The van der Waals surface area contributed by atoms with E-state index in [1.807, 2.05) is 24.4 Å². The van der Waals surface area contributed by atoms with E-state index < -0.39 is 0 Å². The highest BCUT2D eigenvalue weighted by Gasteiger charge is 2.31. The number of benzene rings is 1. The summed E-state index contributed by atoms with van der Waals surface area (Å²) in [4.78, 5) is 19.0. The van der Waals surface area contributed by atoms with Crippen LogP contribution in [0.2, 0.25) is 0 Å². The molecular formula is C23H32N4O2. The van der Waals surface area contributed by atoms with E-state index >= 15 is 0 Å². The molecule has 0 spiro atoms. The minimum Gasteiger partial charge on any atom is -0.490 e. The monoisotopic (exact) mass is 396 g/mol. The largest absolute Gasteiger partial charge is 0.490 e. The van der Waals surface area contributed by atoms with Crippen molar-refractivity contribution < 1.29 is 9.53 Å². The summed E-state index contributed by atoms with van der Waals surface area (Å²) in [6.45, 7) is 0.672. The number of nitrogens with zero attached hydrogens (tertiary/aromatic N) is 2. The van der Waals surface area contributed by atoms with Gasteiger partial charge in [-0.1, -0.05) is 12.1 Å². The van der Waals surface area contributed by atoms with Gasteiger partial charge in [0.1, 0.15) is 5.75 Å². The molecule has 6 heteroatoms. The highest BCUT2D eigenvalue weighted by molar-refractivity contribution is 5.87. The van der Waals surface area contributed by atoms with Crippen LogP contribution in [0.15, 0.2) is 36.7 Å². The van der Waals surface area contributed by atoms with Gasteiger partial charge < -0.3 is 15.8 Å². The van der Waals surface area contributed by atoms with E-state index in [0.29, 0.717) is 25.0 Å². The van der Waals surface area contributed by atoms with Crippen LogP contribution in [0, 0.1) is 0 Å². The molecule has 0 bridgehead atoms. The number of likely N-dealkylation sites (tertiary alicyclic amines) is 1. The Kier molecular flexibility index (Phi) is 6.31. The maximum Gasteiger partial charge on any atom is 0.221 e. The third-order valence-corrected chi connectivity index (χ3v) is 6.65. The van der Waals surface area contributed by atoms with Gasteiger partial charge in [-0.25, -0.2) is 0 Å². The van der Waals surface area contributed by atoms with E-state index in [4.69, 9.17) is 10.5 Å². The Morgan fingerprint density at radius 2 is 1.97 bits per heavy atom. The Balaban J connectivity index is 1.25. The second-order valence-corrected chi connectivity index (χ2v) is 8.50. The van der Waals surface area contributed by atoms with Crippen LogP contribution >= 0.6 is 0 Å². The summed E-state index contributed by atoms with van der Waals surface area (Å²) in [6, 6.07) is 9.11. The molecule has 1 amide bonds. The second-order valence-electron chi connectivity index (χ2n) is 8.50. The van der Waals surface area contributed by atoms with Crippen molar-refractivity contribution >= 4 is 16.7 Å². The van der Waals surface area contributed by atoms with Crippen LogP contribution in [0.4, 0.5) is 0 Å². The quantitative estimate of drug-likeness (QED) is 0.785. The number of pyridine rings is 1. The SMILES string of the molecule is CN1[C@@H](CN)CC[C@H]1CC(=O)NC1CCC(Oc2cccc3cnccc23)CC1. The second kappa shape index (κ2) is 9.09. The molecule has 1 aliphatic heterocycles. The predicted molar refractivity (Wildman–Crippen MR) is 115 cm³/mol. The Labute approximate surface area is 172 Å². The number of aromatic nitrogens is 1. The van der Waals surface area contributed by atoms with Gasteiger partial charge in [-0.05, 0) is 57.7 Å². The number of ether oxygens (including phenoxy) is 1. The average molecular weight is 397 g/mol. The summed E-state index contributed by atoms with van der Waals surface area (Å²) in [5.74, 6) is 1.10. The summed E-state index contributed by atoms with van der Waals surface area (Å²) < 4.78 is 6.31. The van der Waals surface area contributed by atoms with E-state index in [9.17, 15) is 4.79 Å². The van der Waals surface area contributed by atoms with Gasteiger partial charge in [-0.3, -0.25) is 14.7 Å². The standard InChI is InChI=1S/C23H32N4O2/c1-27-18(7-8-19(27)14-24)13-23(28)26-17-5-9-20(10-6-17)29-22-4-2-3-16-15-25-12-11-21(16)22/h2-4,11-12,15,17-20H,5-10,13-14,24H2,1H3,(H,26,28)/t17?,18-,19+,20?/m0/s1. The lowest BCUT2D eigenvalue weighted by molar-refractivity contribution is -0.123. The first-order chi connectivity index (χ1) is 14.1. The number of carbonyl (C=O) groups excluding carboxylic acids is 1. The molecule has 2 fully saturated rings. The number of amides is 1. The van der Waals surface area contributed by atoms with Crippen molar-refractivity contribution in [3.63, 3.8) is 0 Å². The molecule has 6 nitrogen and oxygen atoms in total. The zero-order chi connectivity index (χ0) is 20.2. The fourth-order valence-corrected chi connectivity index (χ4v) is 4.82. The van der Waals surface area contributed by atoms with Crippen LogP contribution in [0.1, 0.15) is 44.9 Å². The summed E-state index contributed by atoms with van der Waals surface area (Å²) in [5, 5.41) is 5.46. The van der Waals surface area contributed by atoms with Gasteiger partial charge in [0, 0.05) is 54.3 Å².